The van der Waals surface area contributed by atoms with Crippen molar-refractivity contribution in [1.29, 1.82) is 0 Å². The molecule has 8 nitrogen and oxygen atoms in total. The SMILES string of the molecule is COC(=O)C1=C(Nc2ccc(Oc3ccc(OC)cc3)c(Cl)c2)C(=O)N(CCO)C1. The van der Waals surface area contributed by atoms with Crippen LogP contribution in [0.25, 0.3) is 0 Å². The first kappa shape index (κ1) is 21.5. The maximum atomic E-state index is 12.6. The van der Waals surface area contributed by atoms with Gasteiger partial charge in [0.2, 0.25) is 0 Å². The van der Waals surface area contributed by atoms with Crippen LogP contribution in [0.3, 0.4) is 0 Å². The predicted molar refractivity (Wildman–Crippen MR) is 111 cm³/mol. The van der Waals surface area contributed by atoms with Crippen LogP contribution in [0, 0.1) is 0 Å². The normalized spacial score (nSPS) is 13.5. The number of carbonyl (C=O) groups is 2. The summed E-state index contributed by atoms with van der Waals surface area (Å²) < 4.78 is 15.7. The zero-order valence-corrected chi connectivity index (χ0v) is 17.2. The molecule has 0 unspecified atom stereocenters. The van der Waals surface area contributed by atoms with Gasteiger partial charge in [-0.25, -0.2) is 4.79 Å². The van der Waals surface area contributed by atoms with Gasteiger partial charge in [0, 0.05) is 12.2 Å². The average Bonchev–Trinajstić information content (AvgIpc) is 3.06. The molecule has 0 radical (unpaired) electrons. The number of rotatable bonds is 8. The van der Waals surface area contributed by atoms with Crippen LogP contribution in [0.4, 0.5) is 5.69 Å². The summed E-state index contributed by atoms with van der Waals surface area (Å²) in [6.07, 6.45) is 0. The van der Waals surface area contributed by atoms with Gasteiger partial charge in [-0.15, -0.1) is 0 Å². The van der Waals surface area contributed by atoms with E-state index in [0.29, 0.717) is 28.0 Å². The van der Waals surface area contributed by atoms with Crippen LogP contribution in [0.1, 0.15) is 0 Å². The van der Waals surface area contributed by atoms with E-state index in [2.05, 4.69) is 5.32 Å². The van der Waals surface area contributed by atoms with E-state index < -0.39 is 11.9 Å². The van der Waals surface area contributed by atoms with Gasteiger partial charge in [-0.2, -0.15) is 0 Å². The Morgan fingerprint density at radius 3 is 2.47 bits per heavy atom. The smallest absolute Gasteiger partial charge is 0.337 e. The van der Waals surface area contributed by atoms with Crippen molar-refractivity contribution in [3.05, 3.63) is 58.8 Å². The van der Waals surface area contributed by atoms with Gasteiger partial charge in [0.25, 0.3) is 5.91 Å². The van der Waals surface area contributed by atoms with Crippen molar-refractivity contribution in [2.75, 3.05) is 39.2 Å². The van der Waals surface area contributed by atoms with E-state index in [1.807, 2.05) is 0 Å². The van der Waals surface area contributed by atoms with Crippen LogP contribution < -0.4 is 14.8 Å². The molecule has 2 N–H and O–H groups in total. The van der Waals surface area contributed by atoms with Crippen LogP contribution in [0.15, 0.2) is 53.7 Å². The number of halogens is 1. The molecule has 0 atom stereocenters. The Kier molecular flexibility index (Phi) is 6.81. The number of carbonyl (C=O) groups excluding carboxylic acids is 2. The third-order valence-corrected chi connectivity index (χ3v) is 4.74. The molecule has 0 aromatic heterocycles. The predicted octanol–water partition coefficient (Wildman–Crippen LogP) is 2.81. The van der Waals surface area contributed by atoms with E-state index in [9.17, 15) is 9.59 Å². The van der Waals surface area contributed by atoms with Crippen molar-refractivity contribution >= 4 is 29.2 Å². The molecule has 1 heterocycles. The molecule has 0 aliphatic carbocycles. The highest BCUT2D eigenvalue weighted by Crippen LogP contribution is 2.33. The molecule has 9 heteroatoms. The lowest BCUT2D eigenvalue weighted by molar-refractivity contribution is -0.136. The third-order valence-electron chi connectivity index (χ3n) is 4.44. The van der Waals surface area contributed by atoms with Gasteiger partial charge >= 0.3 is 5.97 Å². The Hall–Kier alpha value is -3.23. The Bertz CT molecular complexity index is 974. The van der Waals surface area contributed by atoms with E-state index in [1.54, 1.807) is 49.6 Å². The first-order valence-electron chi connectivity index (χ1n) is 9.07. The molecule has 30 heavy (non-hydrogen) atoms. The second-order valence-electron chi connectivity index (χ2n) is 6.34. The number of nitrogens with zero attached hydrogens (tertiary/aromatic N) is 1. The summed E-state index contributed by atoms with van der Waals surface area (Å²) in [6, 6.07) is 12.0. The average molecular weight is 433 g/mol. The molecule has 1 aliphatic heterocycles. The van der Waals surface area contributed by atoms with Crippen molar-refractivity contribution in [2.24, 2.45) is 0 Å². The first-order chi connectivity index (χ1) is 14.5. The van der Waals surface area contributed by atoms with E-state index in [-0.39, 0.29) is 31.0 Å². The van der Waals surface area contributed by atoms with E-state index in [1.165, 1.54) is 12.0 Å². The highest BCUT2D eigenvalue weighted by molar-refractivity contribution is 6.32. The Labute approximate surface area is 178 Å². The molecule has 0 spiro atoms. The number of esters is 1. The van der Waals surface area contributed by atoms with Gasteiger partial charge in [0.05, 0.1) is 38.0 Å². The van der Waals surface area contributed by atoms with E-state index in [4.69, 9.17) is 30.9 Å². The number of methoxy groups -OCH3 is 2. The number of amides is 1. The third kappa shape index (κ3) is 4.67. The number of hydrogen-bond acceptors (Lipinski definition) is 7. The summed E-state index contributed by atoms with van der Waals surface area (Å²) in [5.74, 6) is 0.698. The van der Waals surface area contributed by atoms with Crippen LogP contribution in [0.2, 0.25) is 5.02 Å². The standard InChI is InChI=1S/C21H21ClN2O6/c1-28-14-4-6-15(7-5-14)30-18-8-3-13(11-17(18)22)23-19-16(21(27)29-2)12-24(9-10-25)20(19)26/h3-8,11,23,25H,9-10,12H2,1-2H3. The first-order valence-corrected chi connectivity index (χ1v) is 9.44. The Morgan fingerprint density at radius 1 is 1.17 bits per heavy atom. The summed E-state index contributed by atoms with van der Waals surface area (Å²) in [7, 11) is 2.83. The van der Waals surface area contributed by atoms with Crippen LogP contribution in [-0.4, -0.2) is 55.8 Å². The molecule has 0 bridgehead atoms. The fourth-order valence-corrected chi connectivity index (χ4v) is 3.14. The summed E-state index contributed by atoms with van der Waals surface area (Å²) in [5.41, 5.74) is 0.776. The molecule has 0 saturated carbocycles. The fraction of sp³-hybridized carbons (Fsp3) is 0.238. The van der Waals surface area contributed by atoms with Crippen molar-refractivity contribution in [3.63, 3.8) is 0 Å². The minimum atomic E-state index is -0.614. The van der Waals surface area contributed by atoms with Crippen molar-refractivity contribution in [3.8, 4) is 17.2 Å². The molecule has 2 aromatic carbocycles. The fourth-order valence-electron chi connectivity index (χ4n) is 2.93. The number of benzene rings is 2. The molecule has 2 aromatic rings. The van der Waals surface area contributed by atoms with Crippen LogP contribution in [0.5, 0.6) is 17.2 Å². The molecule has 3 rings (SSSR count). The topological polar surface area (TPSA) is 97.3 Å². The second-order valence-corrected chi connectivity index (χ2v) is 6.75. The minimum absolute atomic E-state index is 0.0563. The van der Waals surface area contributed by atoms with Gasteiger partial charge in [-0.1, -0.05) is 11.6 Å². The molecule has 1 amide bonds. The highest BCUT2D eigenvalue weighted by Gasteiger charge is 2.34. The Balaban J connectivity index is 1.79. The van der Waals surface area contributed by atoms with E-state index >= 15 is 0 Å². The molecule has 158 valence electrons. The molecular formula is C21H21ClN2O6. The molecular weight excluding hydrogens is 412 g/mol. The number of ether oxygens (including phenoxy) is 3. The Morgan fingerprint density at radius 2 is 1.87 bits per heavy atom. The second kappa shape index (κ2) is 9.51. The number of β-amino-alcohol motifs (C(OH)–C–C–N with tert-alkyl or cyclic N) is 1. The lowest BCUT2D eigenvalue weighted by atomic mass is 10.2. The zero-order chi connectivity index (χ0) is 21.7. The van der Waals surface area contributed by atoms with Gasteiger partial charge in [-0.05, 0) is 42.5 Å². The zero-order valence-electron chi connectivity index (χ0n) is 16.5. The highest BCUT2D eigenvalue weighted by atomic mass is 35.5. The lowest BCUT2D eigenvalue weighted by Crippen LogP contribution is -2.31. The van der Waals surface area contributed by atoms with Crippen LogP contribution >= 0.6 is 11.6 Å². The number of anilines is 1. The maximum absolute atomic E-state index is 12.6. The number of hydrogen-bond donors (Lipinski definition) is 2. The van der Waals surface area contributed by atoms with Crippen LogP contribution in [-0.2, 0) is 14.3 Å². The quantitative estimate of drug-likeness (QED) is 0.619. The summed E-state index contributed by atoms with van der Waals surface area (Å²) in [6.45, 7) is -0.0442. The van der Waals surface area contributed by atoms with Crippen molar-refractivity contribution < 1.29 is 28.9 Å². The number of aliphatic hydroxyl groups excluding tert-OH is 1. The number of nitrogens with one attached hydrogen (secondary N) is 1. The largest absolute Gasteiger partial charge is 0.497 e. The number of aliphatic hydroxyl groups is 1. The molecule has 0 fully saturated rings. The summed E-state index contributed by atoms with van der Waals surface area (Å²) >= 11 is 6.34. The lowest BCUT2D eigenvalue weighted by Gasteiger charge is -2.15. The summed E-state index contributed by atoms with van der Waals surface area (Å²) in [5, 5.41) is 12.4. The molecule has 1 aliphatic rings. The van der Waals surface area contributed by atoms with Crippen molar-refractivity contribution in [2.45, 2.75) is 0 Å². The van der Waals surface area contributed by atoms with Gasteiger partial charge in [0.15, 0.2) is 0 Å². The van der Waals surface area contributed by atoms with Gasteiger partial charge < -0.3 is 29.5 Å². The van der Waals surface area contributed by atoms with Crippen molar-refractivity contribution in [1.82, 2.24) is 4.90 Å². The minimum Gasteiger partial charge on any atom is -0.497 e. The van der Waals surface area contributed by atoms with Gasteiger partial charge in [0.1, 0.15) is 22.9 Å². The molecule has 0 saturated heterocycles. The summed E-state index contributed by atoms with van der Waals surface area (Å²) in [4.78, 5) is 26.0. The maximum Gasteiger partial charge on any atom is 0.337 e. The monoisotopic (exact) mass is 432 g/mol. The van der Waals surface area contributed by atoms with Gasteiger partial charge in [-0.3, -0.25) is 4.79 Å². The van der Waals surface area contributed by atoms with E-state index in [0.717, 1.165) is 0 Å².